The van der Waals surface area contributed by atoms with Gasteiger partial charge in [-0.2, -0.15) is 0 Å². The summed E-state index contributed by atoms with van der Waals surface area (Å²) < 4.78 is 18.1. The highest BCUT2D eigenvalue weighted by molar-refractivity contribution is 7.52. The Morgan fingerprint density at radius 2 is 1.84 bits per heavy atom. The number of aliphatic hydroxyl groups is 1. The molecule has 4 rings (SSSR count). The number of carbonyl (C=O) groups excluding carboxylic acids is 2. The largest absolute Gasteiger partial charge is 0.525 e. The molecule has 3 atom stereocenters. The van der Waals surface area contributed by atoms with Crippen LogP contribution in [-0.2, 0) is 18.7 Å². The number of rotatable bonds is 12. The maximum atomic E-state index is 13.6. The number of aliphatic hydroxyl groups excluding tert-OH is 1. The molecule has 0 saturated carbocycles. The molecule has 1 aromatic heterocycles. The van der Waals surface area contributed by atoms with Crippen LogP contribution < -0.4 is 10.2 Å². The standard InChI is InChI=1S/C27H37N6O9P/c1-2-3-15-41-43(39,40)18-22(26(36)31-11-13-33(14-12-31)42-27(37)38)29-25(35)21-16-23(32-10-9-20(34)17-32)30-24(28-21)19-7-5-4-6-8-19/h4-8,16,20,22,34H,2-3,9-15,17-18H2,1H3,(H,29,35)(H,37,38)(H,39,40)/t20-,22?/m1/s1. The van der Waals surface area contributed by atoms with E-state index in [2.05, 4.69) is 20.1 Å². The number of nitrogens with zero attached hydrogens (tertiary/aromatic N) is 5. The Morgan fingerprint density at radius 1 is 1.12 bits per heavy atom. The molecular formula is C27H37N6O9P. The van der Waals surface area contributed by atoms with Crippen LogP contribution in [0.25, 0.3) is 11.4 Å². The van der Waals surface area contributed by atoms with E-state index in [9.17, 15) is 28.9 Å². The summed E-state index contributed by atoms with van der Waals surface area (Å²) in [5.41, 5.74) is 0.582. The summed E-state index contributed by atoms with van der Waals surface area (Å²) in [5.74, 6) is -0.709. The molecule has 2 fully saturated rings. The van der Waals surface area contributed by atoms with Crippen LogP contribution in [0.1, 0.15) is 36.7 Å². The van der Waals surface area contributed by atoms with Crippen LogP contribution in [0.2, 0.25) is 0 Å². The molecule has 2 aliphatic rings. The number of anilines is 1. The zero-order valence-electron chi connectivity index (χ0n) is 23.9. The third-order valence-electron chi connectivity index (χ3n) is 7.03. The van der Waals surface area contributed by atoms with Gasteiger partial charge in [0.25, 0.3) is 5.91 Å². The fourth-order valence-corrected chi connectivity index (χ4v) is 5.99. The van der Waals surface area contributed by atoms with Crippen LogP contribution in [0.4, 0.5) is 10.6 Å². The van der Waals surface area contributed by atoms with Gasteiger partial charge in [-0.3, -0.25) is 14.2 Å². The van der Waals surface area contributed by atoms with Gasteiger partial charge in [0.05, 0.1) is 32.0 Å². The van der Waals surface area contributed by atoms with E-state index in [1.54, 1.807) is 24.3 Å². The number of hydrogen-bond donors (Lipinski definition) is 4. The Kier molecular flexibility index (Phi) is 11.0. The Labute approximate surface area is 248 Å². The number of carboxylic acid groups (broad SMARTS) is 1. The first-order valence-corrected chi connectivity index (χ1v) is 15.9. The van der Waals surface area contributed by atoms with Gasteiger partial charge in [-0.15, -0.1) is 5.06 Å². The van der Waals surface area contributed by atoms with E-state index in [1.165, 1.54) is 16.0 Å². The minimum Gasteiger partial charge on any atom is -0.448 e. The molecule has 15 nitrogen and oxygen atoms in total. The number of benzene rings is 1. The Balaban J connectivity index is 1.59. The fraction of sp³-hybridized carbons (Fsp3) is 0.519. The number of hydrogen-bond acceptors (Lipinski definition) is 11. The van der Waals surface area contributed by atoms with Gasteiger partial charge in [0.1, 0.15) is 17.6 Å². The Hall–Kier alpha value is -3.62. The van der Waals surface area contributed by atoms with Gasteiger partial charge in [0, 0.05) is 37.8 Å². The lowest BCUT2D eigenvalue weighted by Gasteiger charge is -2.35. The number of carbonyl (C=O) groups is 3. The molecule has 0 aliphatic carbocycles. The van der Waals surface area contributed by atoms with Crippen molar-refractivity contribution in [2.75, 3.05) is 56.9 Å². The predicted molar refractivity (Wildman–Crippen MR) is 154 cm³/mol. The van der Waals surface area contributed by atoms with Gasteiger partial charge < -0.3 is 39.6 Å². The molecule has 0 bridgehead atoms. The number of aromatic nitrogens is 2. The lowest BCUT2D eigenvalue weighted by atomic mass is 10.2. The van der Waals surface area contributed by atoms with Crippen molar-refractivity contribution in [2.24, 2.45) is 0 Å². The topological polar surface area (TPSA) is 195 Å². The number of hydroxylamine groups is 2. The number of piperazine rings is 1. The van der Waals surface area contributed by atoms with E-state index in [1.807, 2.05) is 17.9 Å². The summed E-state index contributed by atoms with van der Waals surface area (Å²) in [6, 6.07) is 9.03. The second-order valence-corrected chi connectivity index (χ2v) is 12.2. The summed E-state index contributed by atoms with van der Waals surface area (Å²) in [6.45, 7) is 3.06. The fourth-order valence-electron chi connectivity index (χ4n) is 4.76. The van der Waals surface area contributed by atoms with Crippen molar-refractivity contribution < 1.29 is 43.4 Å². The number of unbranched alkanes of at least 4 members (excludes halogenated alkanes) is 1. The first kappa shape index (κ1) is 32.3. The van der Waals surface area contributed by atoms with Crippen molar-refractivity contribution in [1.82, 2.24) is 25.2 Å². The quantitative estimate of drug-likeness (QED) is 0.197. The summed E-state index contributed by atoms with van der Waals surface area (Å²) in [4.78, 5) is 65.5. The van der Waals surface area contributed by atoms with Gasteiger partial charge in [0.15, 0.2) is 5.82 Å². The SMILES string of the molecule is CCCCOP(=O)(O)CC(NC(=O)c1cc(N2CC[C@@H](O)C2)nc(-c2ccccc2)n1)C(=O)N1CCN(OC(=O)O)CC1. The first-order chi connectivity index (χ1) is 20.5. The molecule has 0 radical (unpaired) electrons. The monoisotopic (exact) mass is 620 g/mol. The van der Waals surface area contributed by atoms with Crippen LogP contribution in [0.3, 0.4) is 0 Å². The molecule has 4 N–H and O–H groups in total. The van der Waals surface area contributed by atoms with E-state index in [0.717, 1.165) is 6.42 Å². The van der Waals surface area contributed by atoms with E-state index in [4.69, 9.17) is 9.63 Å². The number of nitrogens with one attached hydrogen (secondary N) is 1. The summed E-state index contributed by atoms with van der Waals surface area (Å²) in [7, 11) is -4.30. The van der Waals surface area contributed by atoms with Gasteiger partial charge in [0.2, 0.25) is 5.91 Å². The van der Waals surface area contributed by atoms with E-state index in [-0.39, 0.29) is 44.3 Å². The number of β-amino-alcohol motifs (C(OH)–C–C–N with tert-alkyl or cyclic N) is 1. The molecule has 3 heterocycles. The average Bonchev–Trinajstić information content (AvgIpc) is 3.43. The van der Waals surface area contributed by atoms with Crippen molar-refractivity contribution in [3.8, 4) is 11.4 Å². The van der Waals surface area contributed by atoms with Crippen molar-refractivity contribution in [2.45, 2.75) is 38.3 Å². The van der Waals surface area contributed by atoms with E-state index < -0.39 is 43.9 Å². The predicted octanol–water partition coefficient (Wildman–Crippen LogP) is 1.57. The zero-order valence-corrected chi connectivity index (χ0v) is 24.8. The summed E-state index contributed by atoms with van der Waals surface area (Å²) >= 11 is 0. The molecule has 234 valence electrons. The molecule has 2 aromatic rings. The molecule has 2 saturated heterocycles. The van der Waals surface area contributed by atoms with Crippen molar-refractivity contribution in [1.29, 1.82) is 0 Å². The minimum atomic E-state index is -4.30. The van der Waals surface area contributed by atoms with Crippen molar-refractivity contribution in [3.05, 3.63) is 42.1 Å². The zero-order chi connectivity index (χ0) is 31.0. The van der Waals surface area contributed by atoms with Crippen LogP contribution >= 0.6 is 7.60 Å². The molecule has 1 aromatic carbocycles. The Morgan fingerprint density at radius 3 is 2.47 bits per heavy atom. The highest BCUT2D eigenvalue weighted by atomic mass is 31.2. The van der Waals surface area contributed by atoms with Gasteiger partial charge >= 0.3 is 13.8 Å². The highest BCUT2D eigenvalue weighted by Gasteiger charge is 2.36. The highest BCUT2D eigenvalue weighted by Crippen LogP contribution is 2.43. The smallest absolute Gasteiger partial charge is 0.448 e. The molecule has 43 heavy (non-hydrogen) atoms. The summed E-state index contributed by atoms with van der Waals surface area (Å²) in [6.07, 6.45) is -0.875. The van der Waals surface area contributed by atoms with Crippen molar-refractivity contribution in [3.63, 3.8) is 0 Å². The van der Waals surface area contributed by atoms with E-state index >= 15 is 0 Å². The average molecular weight is 621 g/mol. The van der Waals surface area contributed by atoms with E-state index in [0.29, 0.717) is 37.3 Å². The molecule has 2 unspecified atom stereocenters. The third-order valence-corrected chi connectivity index (χ3v) is 8.44. The van der Waals surface area contributed by atoms with Crippen LogP contribution in [0.15, 0.2) is 36.4 Å². The molecule has 2 aliphatic heterocycles. The van der Waals surface area contributed by atoms with Gasteiger partial charge in [-0.25, -0.2) is 14.8 Å². The second-order valence-electron chi connectivity index (χ2n) is 10.3. The molecule has 16 heteroatoms. The molecule has 2 amide bonds. The number of amides is 2. The molecule has 0 spiro atoms. The maximum Gasteiger partial charge on any atom is 0.525 e. The van der Waals surface area contributed by atoms with Crippen LogP contribution in [-0.4, -0.2) is 117 Å². The maximum absolute atomic E-state index is 13.6. The normalized spacial score (nSPS) is 19.5. The second kappa shape index (κ2) is 14.7. The van der Waals surface area contributed by atoms with Crippen molar-refractivity contribution >= 4 is 31.4 Å². The van der Waals surface area contributed by atoms with Gasteiger partial charge in [-0.1, -0.05) is 43.7 Å². The summed E-state index contributed by atoms with van der Waals surface area (Å²) in [5, 5.41) is 22.7. The van der Waals surface area contributed by atoms with Crippen LogP contribution in [0, 0.1) is 0 Å². The Bertz CT molecular complexity index is 1330. The lowest BCUT2D eigenvalue weighted by Crippen LogP contribution is -2.56. The minimum absolute atomic E-state index is 0.0156. The third kappa shape index (κ3) is 9.18. The van der Waals surface area contributed by atoms with Gasteiger partial charge in [-0.05, 0) is 12.8 Å². The van der Waals surface area contributed by atoms with Crippen LogP contribution in [0.5, 0.6) is 0 Å². The molecular weight excluding hydrogens is 583 g/mol. The lowest BCUT2D eigenvalue weighted by molar-refractivity contribution is -0.154. The first-order valence-electron chi connectivity index (χ1n) is 14.1.